The number of carbonyl (C=O) groups excluding carboxylic acids is 1. The van der Waals surface area contributed by atoms with E-state index < -0.39 is 11.5 Å². The minimum atomic E-state index is -0.806. The van der Waals surface area contributed by atoms with Crippen molar-refractivity contribution in [3.05, 3.63) is 97.8 Å². The Morgan fingerprint density at radius 1 is 1.00 bits per heavy atom. The van der Waals surface area contributed by atoms with Crippen LogP contribution in [0.5, 0.6) is 17.2 Å². The lowest BCUT2D eigenvalue weighted by Gasteiger charge is -2.19. The smallest absolute Gasteiger partial charge is 0.343 e. The topological polar surface area (TPSA) is 98.0 Å². The lowest BCUT2D eigenvalue weighted by molar-refractivity contribution is -0.121. The molecular weight excluding hydrogens is 493 g/mol. The number of aromatic hydroxyl groups is 1. The number of benzene rings is 3. The van der Waals surface area contributed by atoms with Crippen LogP contribution in [0, 0.1) is 0 Å². The molecule has 1 aliphatic rings. The van der Waals surface area contributed by atoms with Gasteiger partial charge in [0, 0.05) is 18.9 Å². The third kappa shape index (κ3) is 4.65. The molecule has 9 heteroatoms. The molecule has 0 aliphatic carbocycles. The molecule has 4 aromatic rings. The molecular formula is C26H19Cl2NO6. The number of halogens is 2. The summed E-state index contributed by atoms with van der Waals surface area (Å²) >= 11 is 12.0. The molecule has 1 unspecified atom stereocenters. The van der Waals surface area contributed by atoms with Gasteiger partial charge in [-0.3, -0.25) is 4.79 Å². The molecule has 0 bridgehead atoms. The number of fused-ring (bicyclic) bond motifs is 2. The lowest BCUT2D eigenvalue weighted by Crippen LogP contribution is -2.26. The summed E-state index contributed by atoms with van der Waals surface area (Å²) in [5.74, 6) is -0.318. The minimum absolute atomic E-state index is 0.00717. The van der Waals surface area contributed by atoms with Gasteiger partial charge in [0.15, 0.2) is 11.5 Å². The van der Waals surface area contributed by atoms with Crippen LogP contribution in [0.15, 0.2) is 69.9 Å². The molecule has 7 nitrogen and oxygen atoms in total. The Morgan fingerprint density at radius 3 is 2.63 bits per heavy atom. The van der Waals surface area contributed by atoms with Crippen molar-refractivity contribution >= 4 is 40.1 Å². The zero-order valence-corrected chi connectivity index (χ0v) is 19.7. The molecule has 1 amide bonds. The number of para-hydroxylation sites is 1. The second-order valence-electron chi connectivity index (χ2n) is 8.04. The van der Waals surface area contributed by atoms with E-state index in [9.17, 15) is 14.7 Å². The van der Waals surface area contributed by atoms with Crippen molar-refractivity contribution < 1.29 is 23.8 Å². The number of amides is 1. The van der Waals surface area contributed by atoms with E-state index in [2.05, 4.69) is 5.32 Å². The van der Waals surface area contributed by atoms with Crippen molar-refractivity contribution in [2.75, 3.05) is 6.79 Å². The van der Waals surface area contributed by atoms with E-state index >= 15 is 0 Å². The molecule has 0 radical (unpaired) electrons. The predicted molar refractivity (Wildman–Crippen MR) is 131 cm³/mol. The van der Waals surface area contributed by atoms with Crippen LogP contribution in [0.2, 0.25) is 10.0 Å². The first kappa shape index (κ1) is 23.1. The van der Waals surface area contributed by atoms with E-state index in [1.54, 1.807) is 60.7 Å². The Labute approximate surface area is 209 Å². The van der Waals surface area contributed by atoms with Gasteiger partial charge in [-0.25, -0.2) is 4.79 Å². The number of hydrogen-bond acceptors (Lipinski definition) is 6. The van der Waals surface area contributed by atoms with Crippen molar-refractivity contribution in [2.24, 2.45) is 0 Å². The largest absolute Gasteiger partial charge is 0.507 e. The van der Waals surface area contributed by atoms with Crippen molar-refractivity contribution in [3.63, 3.8) is 0 Å². The van der Waals surface area contributed by atoms with E-state index in [0.29, 0.717) is 32.5 Å². The molecule has 0 fully saturated rings. The van der Waals surface area contributed by atoms with Gasteiger partial charge in [0.25, 0.3) is 0 Å². The first-order valence-electron chi connectivity index (χ1n) is 10.8. The van der Waals surface area contributed by atoms with Gasteiger partial charge in [0.05, 0.1) is 21.0 Å². The van der Waals surface area contributed by atoms with E-state index in [-0.39, 0.29) is 42.6 Å². The highest BCUT2D eigenvalue weighted by atomic mass is 35.5. The molecule has 0 spiro atoms. The summed E-state index contributed by atoms with van der Waals surface area (Å²) in [6.45, 7) is 0.291. The molecule has 1 aliphatic heterocycles. The molecule has 2 heterocycles. The third-order valence-corrected chi connectivity index (χ3v) is 6.57. The summed E-state index contributed by atoms with van der Waals surface area (Å²) in [5.41, 5.74) is 0.887. The van der Waals surface area contributed by atoms with Gasteiger partial charge in [-0.2, -0.15) is 0 Å². The van der Waals surface area contributed by atoms with Crippen molar-refractivity contribution in [1.82, 2.24) is 5.32 Å². The maximum absolute atomic E-state index is 13.0. The first-order chi connectivity index (χ1) is 16.9. The molecule has 0 saturated heterocycles. The summed E-state index contributed by atoms with van der Waals surface area (Å²) in [6.07, 6.45) is -0.127. The average molecular weight is 512 g/mol. The van der Waals surface area contributed by atoms with Gasteiger partial charge in [-0.1, -0.05) is 47.5 Å². The third-order valence-electron chi connectivity index (χ3n) is 5.83. The van der Waals surface area contributed by atoms with Gasteiger partial charge in [0.1, 0.15) is 11.3 Å². The summed E-state index contributed by atoms with van der Waals surface area (Å²) < 4.78 is 16.3. The monoisotopic (exact) mass is 511 g/mol. The van der Waals surface area contributed by atoms with Crippen molar-refractivity contribution in [2.45, 2.75) is 18.9 Å². The molecule has 1 atom stereocenters. The van der Waals surface area contributed by atoms with E-state index in [1.807, 2.05) is 0 Å². The van der Waals surface area contributed by atoms with E-state index in [4.69, 9.17) is 37.1 Å². The van der Waals surface area contributed by atoms with Gasteiger partial charge in [0.2, 0.25) is 12.7 Å². The zero-order chi connectivity index (χ0) is 24.5. The fourth-order valence-electron chi connectivity index (χ4n) is 4.08. The highest BCUT2D eigenvalue weighted by molar-refractivity contribution is 6.42. The maximum atomic E-state index is 13.0. The number of hydrogen-bond donors (Lipinski definition) is 2. The summed E-state index contributed by atoms with van der Waals surface area (Å²) in [4.78, 5) is 26.0. The summed E-state index contributed by atoms with van der Waals surface area (Å²) in [6, 6.07) is 16.9. The fraction of sp³-hybridized carbons (Fsp3) is 0.154. The minimum Gasteiger partial charge on any atom is -0.507 e. The zero-order valence-electron chi connectivity index (χ0n) is 18.2. The van der Waals surface area contributed by atoms with Gasteiger partial charge in [-0.15, -0.1) is 0 Å². The van der Waals surface area contributed by atoms with Gasteiger partial charge in [-0.05, 0) is 47.5 Å². The van der Waals surface area contributed by atoms with E-state index in [0.717, 1.165) is 5.56 Å². The van der Waals surface area contributed by atoms with Crippen molar-refractivity contribution in [3.8, 4) is 17.2 Å². The quantitative estimate of drug-likeness (QED) is 0.337. The normalized spacial score (nSPS) is 13.1. The van der Waals surface area contributed by atoms with Crippen LogP contribution in [-0.2, 0) is 11.3 Å². The summed E-state index contributed by atoms with van der Waals surface area (Å²) in [7, 11) is 0. The second-order valence-corrected chi connectivity index (χ2v) is 8.86. The Bertz CT molecular complexity index is 1500. The molecule has 0 saturated carbocycles. The molecule has 1 aromatic heterocycles. The number of ether oxygens (including phenoxy) is 2. The van der Waals surface area contributed by atoms with Gasteiger partial charge >= 0.3 is 5.63 Å². The second kappa shape index (κ2) is 9.52. The van der Waals surface area contributed by atoms with E-state index in [1.165, 1.54) is 0 Å². The molecule has 3 aromatic carbocycles. The molecule has 5 rings (SSSR count). The van der Waals surface area contributed by atoms with Crippen LogP contribution in [0.3, 0.4) is 0 Å². The van der Waals surface area contributed by atoms with Crippen LogP contribution in [-0.4, -0.2) is 17.8 Å². The van der Waals surface area contributed by atoms with Crippen LogP contribution in [0.1, 0.15) is 29.0 Å². The Hall–Kier alpha value is -3.68. The lowest BCUT2D eigenvalue weighted by atomic mass is 9.87. The Morgan fingerprint density at radius 2 is 1.80 bits per heavy atom. The molecule has 2 N–H and O–H groups in total. The Kier molecular flexibility index (Phi) is 6.28. The van der Waals surface area contributed by atoms with Crippen molar-refractivity contribution in [1.29, 1.82) is 0 Å². The SMILES string of the molecule is O=C(CC(c1ccc2c(c1)OCO2)c1c(O)c2ccccc2oc1=O)NCc1ccc(Cl)c(Cl)c1. The Balaban J connectivity index is 1.50. The van der Waals surface area contributed by atoms with Gasteiger partial charge < -0.3 is 24.3 Å². The highest BCUT2D eigenvalue weighted by Crippen LogP contribution is 2.40. The van der Waals surface area contributed by atoms with Crippen LogP contribution < -0.4 is 20.4 Å². The van der Waals surface area contributed by atoms with Crippen LogP contribution >= 0.6 is 23.2 Å². The average Bonchev–Trinajstić information content (AvgIpc) is 3.32. The number of rotatable bonds is 6. The standard InChI is InChI=1S/C26H19Cl2NO6/c27-18-7-5-14(9-19(18)28)12-29-23(30)11-17(15-6-8-21-22(10-15)34-13-33-21)24-25(31)16-3-1-2-4-20(16)35-26(24)32/h1-10,17,31H,11-13H2,(H,29,30). The van der Waals surface area contributed by atoms with Crippen LogP contribution in [0.4, 0.5) is 0 Å². The first-order valence-corrected chi connectivity index (χ1v) is 11.5. The fourth-order valence-corrected chi connectivity index (χ4v) is 4.40. The summed E-state index contributed by atoms with van der Waals surface area (Å²) in [5, 5.41) is 15.1. The molecule has 178 valence electrons. The van der Waals surface area contributed by atoms with Crippen LogP contribution in [0.25, 0.3) is 11.0 Å². The molecule has 35 heavy (non-hydrogen) atoms. The number of carbonyl (C=O) groups is 1. The highest BCUT2D eigenvalue weighted by Gasteiger charge is 2.28. The predicted octanol–water partition coefficient (Wildman–Crippen LogP) is 5.37. The maximum Gasteiger partial charge on any atom is 0.343 e. The number of nitrogens with one attached hydrogen (secondary N) is 1.